The number of nitrogens with zero attached hydrogens (tertiary/aromatic N) is 5. The van der Waals surface area contributed by atoms with Crippen LogP contribution in [0.4, 0.5) is 17.3 Å². The van der Waals surface area contributed by atoms with E-state index in [1.165, 1.54) is 15.8 Å². The summed E-state index contributed by atoms with van der Waals surface area (Å²) >= 11 is 0. The number of benzene rings is 1. The van der Waals surface area contributed by atoms with E-state index in [4.69, 9.17) is 4.52 Å². The van der Waals surface area contributed by atoms with Crippen LogP contribution in [-0.4, -0.2) is 36.8 Å². The maximum absolute atomic E-state index is 13.8. The number of aryl methyl sites for hydroxylation is 1. The molecule has 1 aliphatic heterocycles. The summed E-state index contributed by atoms with van der Waals surface area (Å²) in [4.78, 5) is 33.1. The molecule has 0 atom stereocenters. The molecule has 0 fully saturated rings. The fourth-order valence-corrected chi connectivity index (χ4v) is 6.41. The Labute approximate surface area is 248 Å². The first kappa shape index (κ1) is 26.9. The molecular formula is C33H32N6O4. The summed E-state index contributed by atoms with van der Waals surface area (Å²) in [5, 5.41) is 17.8. The predicted octanol–water partition coefficient (Wildman–Crippen LogP) is 4.92. The zero-order valence-electron chi connectivity index (χ0n) is 24.3. The van der Waals surface area contributed by atoms with Crippen molar-refractivity contribution in [2.24, 2.45) is 12.5 Å². The van der Waals surface area contributed by atoms with Gasteiger partial charge in [0.25, 0.3) is 11.5 Å². The Kier molecular flexibility index (Phi) is 6.32. The number of aromatic nitrogens is 4. The molecule has 43 heavy (non-hydrogen) atoms. The second-order valence-corrected chi connectivity index (χ2v) is 12.1. The molecular weight excluding hydrogens is 544 g/mol. The minimum absolute atomic E-state index is 0.124. The molecule has 1 aliphatic carbocycles. The highest BCUT2D eigenvalue weighted by Crippen LogP contribution is 2.40. The molecule has 10 heteroatoms. The topological polar surface area (TPSA) is 118 Å². The van der Waals surface area contributed by atoms with Crippen molar-refractivity contribution < 1.29 is 14.4 Å². The summed E-state index contributed by atoms with van der Waals surface area (Å²) in [6.45, 7) is 5.30. The molecule has 0 spiro atoms. The molecule has 2 aliphatic rings. The van der Waals surface area contributed by atoms with Crippen molar-refractivity contribution in [3.63, 3.8) is 0 Å². The molecule has 2 N–H and O–H groups in total. The van der Waals surface area contributed by atoms with E-state index >= 15 is 0 Å². The minimum Gasteiger partial charge on any atom is -0.392 e. The van der Waals surface area contributed by atoms with E-state index in [2.05, 4.69) is 33.9 Å². The van der Waals surface area contributed by atoms with Gasteiger partial charge in [-0.05, 0) is 47.6 Å². The number of amides is 1. The lowest BCUT2D eigenvalue weighted by molar-refractivity contribution is 0.0962. The van der Waals surface area contributed by atoms with Crippen LogP contribution in [0, 0.1) is 5.41 Å². The third-order valence-electron chi connectivity index (χ3n) is 8.40. The van der Waals surface area contributed by atoms with Crippen LogP contribution in [0.5, 0.6) is 0 Å². The number of pyridine rings is 2. The first-order valence-electron chi connectivity index (χ1n) is 14.3. The van der Waals surface area contributed by atoms with E-state index in [1.54, 1.807) is 42.5 Å². The van der Waals surface area contributed by atoms with Crippen LogP contribution in [-0.2, 0) is 33.0 Å². The molecule has 1 amide bonds. The van der Waals surface area contributed by atoms with E-state index in [1.807, 2.05) is 36.4 Å². The fraction of sp³-hybridized carbons (Fsp3) is 0.273. The lowest BCUT2D eigenvalue weighted by Crippen LogP contribution is -2.41. The zero-order valence-corrected chi connectivity index (χ0v) is 24.3. The molecule has 0 radical (unpaired) electrons. The van der Waals surface area contributed by atoms with Gasteiger partial charge in [-0.1, -0.05) is 49.3 Å². The first-order chi connectivity index (χ1) is 20.7. The highest BCUT2D eigenvalue weighted by Gasteiger charge is 2.37. The Balaban J connectivity index is 1.22. The fourth-order valence-electron chi connectivity index (χ4n) is 6.41. The Morgan fingerprint density at radius 2 is 1.84 bits per heavy atom. The molecule has 0 saturated heterocycles. The Bertz CT molecular complexity index is 1930. The van der Waals surface area contributed by atoms with Gasteiger partial charge >= 0.3 is 0 Å². The summed E-state index contributed by atoms with van der Waals surface area (Å²) in [5.74, 6) is 1.26. The van der Waals surface area contributed by atoms with Crippen molar-refractivity contribution >= 4 is 23.2 Å². The van der Waals surface area contributed by atoms with Gasteiger partial charge in [0, 0.05) is 61.0 Å². The van der Waals surface area contributed by atoms with Gasteiger partial charge in [-0.15, -0.1) is 0 Å². The second kappa shape index (κ2) is 10.1. The number of aliphatic hydroxyl groups is 1. The Morgan fingerprint density at radius 3 is 2.63 bits per heavy atom. The van der Waals surface area contributed by atoms with Gasteiger partial charge in [-0.25, -0.2) is 4.98 Å². The van der Waals surface area contributed by atoms with Crippen LogP contribution in [0.1, 0.15) is 41.2 Å². The molecule has 0 unspecified atom stereocenters. The van der Waals surface area contributed by atoms with Crippen molar-refractivity contribution in [3.05, 3.63) is 99.9 Å². The van der Waals surface area contributed by atoms with E-state index in [0.717, 1.165) is 18.4 Å². The number of nitrogens with one attached hydrogen (secondary N) is 1. The molecule has 7 rings (SSSR count). The van der Waals surface area contributed by atoms with Crippen molar-refractivity contribution in [1.29, 1.82) is 0 Å². The number of rotatable bonds is 6. The van der Waals surface area contributed by atoms with E-state index in [9.17, 15) is 14.7 Å². The maximum atomic E-state index is 13.8. The summed E-state index contributed by atoms with van der Waals surface area (Å²) in [6, 6.07) is 16.8. The van der Waals surface area contributed by atoms with Gasteiger partial charge in [0.15, 0.2) is 11.6 Å². The summed E-state index contributed by atoms with van der Waals surface area (Å²) in [5.41, 5.74) is 6.14. The average molecular weight is 577 g/mol. The second-order valence-electron chi connectivity index (χ2n) is 12.1. The molecule has 10 nitrogen and oxygen atoms in total. The molecule has 1 aromatic carbocycles. The van der Waals surface area contributed by atoms with Gasteiger partial charge in [0.05, 0.1) is 6.61 Å². The molecule has 5 aromatic rings. The van der Waals surface area contributed by atoms with Gasteiger partial charge < -0.3 is 24.1 Å². The maximum Gasteiger partial charge on any atom is 0.276 e. The quantitative estimate of drug-likeness (QED) is 0.294. The van der Waals surface area contributed by atoms with Gasteiger partial charge in [0.2, 0.25) is 0 Å². The third-order valence-corrected chi connectivity index (χ3v) is 8.40. The lowest BCUT2D eigenvalue weighted by atomic mass is 9.90. The Hall–Kier alpha value is -4.96. The average Bonchev–Trinajstić information content (AvgIpc) is 3.68. The number of hydrogen-bond donors (Lipinski definition) is 2. The largest absolute Gasteiger partial charge is 0.392 e. The standard InChI is InChI=1S/C33H32N6O4/c1-33(2)16-21-14-26-32(42)39(12-11-38(26)27(21)17-33)30-24(19-40)23(9-10-34-30)22-13-25(31(41)37(3)18-22)35-29-15-28(43-36-29)20-7-5-4-6-8-20/h4-10,13-15,18,40H,11-12,16-17,19H2,1-3H3,(H,35,36). The molecule has 0 saturated carbocycles. The van der Waals surface area contributed by atoms with Crippen molar-refractivity contribution in [2.75, 3.05) is 16.8 Å². The smallest absolute Gasteiger partial charge is 0.276 e. The van der Waals surface area contributed by atoms with Crippen molar-refractivity contribution in [3.8, 4) is 22.5 Å². The molecule has 5 heterocycles. The monoisotopic (exact) mass is 576 g/mol. The van der Waals surface area contributed by atoms with Crippen LogP contribution >= 0.6 is 0 Å². The highest BCUT2D eigenvalue weighted by atomic mass is 16.5. The SMILES string of the molecule is Cn1cc(-c2ccnc(N3CCn4c(cc5c4CC(C)(C)C5)C3=O)c2CO)cc(Nc2cc(-c3ccccc3)on2)c1=O. The van der Waals surface area contributed by atoms with Crippen LogP contribution in [0.2, 0.25) is 0 Å². The van der Waals surface area contributed by atoms with Crippen LogP contribution in [0.25, 0.3) is 22.5 Å². The summed E-state index contributed by atoms with van der Waals surface area (Å²) < 4.78 is 9.12. The number of anilines is 3. The predicted molar refractivity (Wildman–Crippen MR) is 163 cm³/mol. The minimum atomic E-state index is -0.330. The zero-order chi connectivity index (χ0) is 29.9. The highest BCUT2D eigenvalue weighted by molar-refractivity contribution is 6.06. The van der Waals surface area contributed by atoms with Gasteiger partial charge in [-0.3, -0.25) is 14.5 Å². The third kappa shape index (κ3) is 4.64. The number of fused-ring (bicyclic) bond motifs is 3. The molecule has 0 bridgehead atoms. The van der Waals surface area contributed by atoms with Crippen molar-refractivity contribution in [1.82, 2.24) is 19.3 Å². The summed E-state index contributed by atoms with van der Waals surface area (Å²) in [7, 11) is 1.67. The van der Waals surface area contributed by atoms with Crippen LogP contribution in [0.15, 0.2) is 76.3 Å². The molecule has 4 aromatic heterocycles. The normalized spacial score (nSPS) is 15.4. The van der Waals surface area contributed by atoms with Crippen LogP contribution in [0.3, 0.4) is 0 Å². The van der Waals surface area contributed by atoms with E-state index in [-0.39, 0.29) is 23.5 Å². The van der Waals surface area contributed by atoms with E-state index in [0.29, 0.717) is 58.6 Å². The molecule has 218 valence electrons. The number of hydrogen-bond acceptors (Lipinski definition) is 7. The van der Waals surface area contributed by atoms with E-state index < -0.39 is 0 Å². The number of carbonyl (C=O) groups is 1. The Morgan fingerprint density at radius 1 is 1.02 bits per heavy atom. The van der Waals surface area contributed by atoms with Gasteiger partial charge in [0.1, 0.15) is 17.2 Å². The number of aliphatic hydroxyl groups excluding tert-OH is 1. The number of carbonyl (C=O) groups excluding carboxylic acids is 1. The summed E-state index contributed by atoms with van der Waals surface area (Å²) in [6.07, 6.45) is 5.25. The van der Waals surface area contributed by atoms with Crippen LogP contribution < -0.4 is 15.8 Å². The lowest BCUT2D eigenvalue weighted by Gasteiger charge is -2.31. The van der Waals surface area contributed by atoms with Gasteiger partial charge in [-0.2, -0.15) is 0 Å². The first-order valence-corrected chi connectivity index (χ1v) is 14.3. The van der Waals surface area contributed by atoms with Crippen molar-refractivity contribution in [2.45, 2.75) is 39.8 Å².